The van der Waals surface area contributed by atoms with E-state index >= 15 is 0 Å². The van der Waals surface area contributed by atoms with Crippen molar-refractivity contribution in [1.29, 1.82) is 5.26 Å². The van der Waals surface area contributed by atoms with Gasteiger partial charge in [-0.3, -0.25) is 9.59 Å². The van der Waals surface area contributed by atoms with Gasteiger partial charge in [0.15, 0.2) is 0 Å². The second-order valence-corrected chi connectivity index (χ2v) is 7.23. The van der Waals surface area contributed by atoms with E-state index in [1.165, 1.54) is 0 Å². The van der Waals surface area contributed by atoms with Crippen LogP contribution in [0.25, 0.3) is 0 Å². The van der Waals surface area contributed by atoms with Crippen LogP contribution in [0.3, 0.4) is 0 Å². The second-order valence-electron chi connectivity index (χ2n) is 7.23. The molecule has 1 aromatic heterocycles. The van der Waals surface area contributed by atoms with Crippen LogP contribution in [0.5, 0.6) is 5.75 Å². The molecule has 1 amide bonds. The smallest absolute Gasteiger partial charge is 0.349 e. The van der Waals surface area contributed by atoms with Crippen molar-refractivity contribution < 1.29 is 23.8 Å². The summed E-state index contributed by atoms with van der Waals surface area (Å²) in [5, 5.41) is 16.0. The molecular weight excluding hydrogens is 400 g/mol. The van der Waals surface area contributed by atoms with Crippen LogP contribution in [0.1, 0.15) is 40.1 Å². The zero-order valence-corrected chi connectivity index (χ0v) is 17.7. The van der Waals surface area contributed by atoms with Crippen LogP contribution in [0.2, 0.25) is 0 Å². The molecule has 1 saturated heterocycles. The molecule has 1 aliphatic rings. The van der Waals surface area contributed by atoms with Crippen LogP contribution in [-0.4, -0.2) is 42.6 Å². The molecule has 1 aromatic carbocycles. The standard InChI is InChI=1S/C22H24N2O4.CH2O2/c1-15-12-19(10-7-16-5-8-18(27-2)9-6-16)28-22(26)20(15)21(25)24-11-3-4-17(13-23)14-24;2-1-3/h5-6,8-9,12,17H,3-4,7,10-11,14H2,1-2H3;1H,(H,2,3). The lowest BCUT2D eigenvalue weighted by Gasteiger charge is -2.29. The highest BCUT2D eigenvalue weighted by Crippen LogP contribution is 2.19. The minimum Gasteiger partial charge on any atom is -0.497 e. The average molecular weight is 426 g/mol. The second kappa shape index (κ2) is 11.6. The molecule has 1 N–H and O–H groups in total. The Balaban J connectivity index is 0.00000107. The molecule has 164 valence electrons. The number of amides is 1. The third-order valence-corrected chi connectivity index (χ3v) is 5.12. The molecule has 31 heavy (non-hydrogen) atoms. The number of rotatable bonds is 5. The number of methoxy groups -OCH3 is 1. The van der Waals surface area contributed by atoms with Gasteiger partial charge in [0.2, 0.25) is 0 Å². The monoisotopic (exact) mass is 426 g/mol. The Morgan fingerprint density at radius 3 is 2.61 bits per heavy atom. The third-order valence-electron chi connectivity index (χ3n) is 5.12. The largest absolute Gasteiger partial charge is 0.497 e. The van der Waals surface area contributed by atoms with Crippen LogP contribution < -0.4 is 10.4 Å². The Labute approximate surface area is 180 Å². The van der Waals surface area contributed by atoms with Gasteiger partial charge in [-0.25, -0.2) is 4.79 Å². The first-order valence-electron chi connectivity index (χ1n) is 9.96. The summed E-state index contributed by atoms with van der Waals surface area (Å²) in [4.78, 5) is 35.2. The molecule has 8 heteroatoms. The van der Waals surface area contributed by atoms with Gasteiger partial charge in [0.25, 0.3) is 12.4 Å². The zero-order chi connectivity index (χ0) is 22.8. The van der Waals surface area contributed by atoms with E-state index in [2.05, 4.69) is 6.07 Å². The molecule has 8 nitrogen and oxygen atoms in total. The van der Waals surface area contributed by atoms with E-state index in [-0.39, 0.29) is 23.9 Å². The molecule has 1 fully saturated rings. The molecule has 0 spiro atoms. The minimum atomic E-state index is -0.603. The third kappa shape index (κ3) is 6.44. The maximum Gasteiger partial charge on any atom is 0.349 e. The number of nitrogens with zero attached hydrogens (tertiary/aromatic N) is 2. The molecule has 0 saturated carbocycles. The summed E-state index contributed by atoms with van der Waals surface area (Å²) >= 11 is 0. The quantitative estimate of drug-likeness (QED) is 0.730. The van der Waals surface area contributed by atoms with Gasteiger partial charge >= 0.3 is 5.63 Å². The van der Waals surface area contributed by atoms with Gasteiger partial charge in [-0.05, 0) is 55.5 Å². The summed E-state index contributed by atoms with van der Waals surface area (Å²) in [6, 6.07) is 11.7. The number of ether oxygens (including phenoxy) is 1. The number of aryl methyl sites for hydroxylation is 3. The Morgan fingerprint density at radius 1 is 1.35 bits per heavy atom. The number of piperidine rings is 1. The van der Waals surface area contributed by atoms with E-state index in [0.29, 0.717) is 30.8 Å². The maximum atomic E-state index is 12.8. The lowest BCUT2D eigenvalue weighted by Crippen LogP contribution is -2.41. The van der Waals surface area contributed by atoms with Crippen molar-refractivity contribution in [3.05, 3.63) is 63.2 Å². The highest BCUT2D eigenvalue weighted by Gasteiger charge is 2.27. The molecule has 2 aromatic rings. The van der Waals surface area contributed by atoms with Gasteiger partial charge in [0, 0.05) is 19.5 Å². The fourth-order valence-corrected chi connectivity index (χ4v) is 3.54. The molecule has 1 aliphatic heterocycles. The van der Waals surface area contributed by atoms with E-state index in [9.17, 15) is 9.59 Å². The van der Waals surface area contributed by atoms with Gasteiger partial charge in [-0.2, -0.15) is 5.26 Å². The number of carbonyl (C=O) groups is 2. The summed E-state index contributed by atoms with van der Waals surface area (Å²) in [6.07, 6.45) is 2.85. The molecular formula is C23H26N2O6. The number of hydrogen-bond donors (Lipinski definition) is 1. The minimum absolute atomic E-state index is 0.0757. The SMILES string of the molecule is COc1ccc(CCc2cc(C)c(C(=O)N3CCCC(C#N)C3)c(=O)o2)cc1.O=CO. The van der Waals surface area contributed by atoms with Crippen molar-refractivity contribution in [3.63, 3.8) is 0 Å². The number of likely N-dealkylation sites (tertiary alicyclic amines) is 1. The summed E-state index contributed by atoms with van der Waals surface area (Å²) in [6.45, 7) is 2.44. The van der Waals surface area contributed by atoms with Crippen LogP contribution >= 0.6 is 0 Å². The van der Waals surface area contributed by atoms with Gasteiger partial charge in [-0.1, -0.05) is 12.1 Å². The first-order valence-corrected chi connectivity index (χ1v) is 9.96. The Morgan fingerprint density at radius 2 is 2.03 bits per heavy atom. The number of carboxylic acid groups (broad SMARTS) is 1. The van der Waals surface area contributed by atoms with Crippen molar-refractivity contribution in [2.24, 2.45) is 5.92 Å². The van der Waals surface area contributed by atoms with Gasteiger partial charge in [0.1, 0.15) is 17.1 Å². The Bertz CT molecular complexity index is 991. The lowest BCUT2D eigenvalue weighted by atomic mass is 9.98. The van der Waals surface area contributed by atoms with Crippen LogP contribution in [0.4, 0.5) is 0 Å². The average Bonchev–Trinajstić information content (AvgIpc) is 2.78. The van der Waals surface area contributed by atoms with E-state index in [4.69, 9.17) is 24.3 Å². The first-order chi connectivity index (χ1) is 14.9. The van der Waals surface area contributed by atoms with Gasteiger partial charge < -0.3 is 19.2 Å². The summed E-state index contributed by atoms with van der Waals surface area (Å²) in [7, 11) is 1.62. The van der Waals surface area contributed by atoms with Crippen molar-refractivity contribution in [2.75, 3.05) is 20.2 Å². The lowest BCUT2D eigenvalue weighted by molar-refractivity contribution is -0.122. The summed E-state index contributed by atoms with van der Waals surface area (Å²) in [5.41, 5.74) is 1.20. The molecule has 0 radical (unpaired) electrons. The van der Waals surface area contributed by atoms with Crippen LogP contribution in [0.15, 0.2) is 39.5 Å². The highest BCUT2D eigenvalue weighted by molar-refractivity contribution is 5.95. The fraction of sp³-hybridized carbons (Fsp3) is 0.391. The maximum absolute atomic E-state index is 12.8. The van der Waals surface area contributed by atoms with E-state index < -0.39 is 5.63 Å². The molecule has 0 bridgehead atoms. The van der Waals surface area contributed by atoms with E-state index in [1.54, 1.807) is 25.0 Å². The van der Waals surface area contributed by atoms with Crippen molar-refractivity contribution in [3.8, 4) is 11.8 Å². The highest BCUT2D eigenvalue weighted by atomic mass is 16.5. The summed E-state index contributed by atoms with van der Waals surface area (Å²) < 4.78 is 10.6. The topological polar surface area (TPSA) is 121 Å². The van der Waals surface area contributed by atoms with E-state index in [0.717, 1.165) is 30.6 Å². The summed E-state index contributed by atoms with van der Waals surface area (Å²) in [5.74, 6) is 0.843. The van der Waals surface area contributed by atoms with Crippen LogP contribution in [0, 0.1) is 24.2 Å². The first kappa shape index (κ1) is 23.7. The van der Waals surface area contributed by atoms with E-state index in [1.807, 2.05) is 24.3 Å². The molecule has 1 unspecified atom stereocenters. The molecule has 0 aliphatic carbocycles. The van der Waals surface area contributed by atoms with Gasteiger partial charge in [-0.15, -0.1) is 0 Å². The van der Waals surface area contributed by atoms with Crippen molar-refractivity contribution >= 4 is 12.4 Å². The molecule has 3 rings (SSSR count). The van der Waals surface area contributed by atoms with Crippen molar-refractivity contribution in [2.45, 2.75) is 32.6 Å². The predicted molar refractivity (Wildman–Crippen MR) is 113 cm³/mol. The number of carbonyl (C=O) groups excluding carboxylic acids is 1. The zero-order valence-electron chi connectivity index (χ0n) is 17.7. The molecule has 1 atom stereocenters. The predicted octanol–water partition coefficient (Wildman–Crippen LogP) is 2.82. The van der Waals surface area contributed by atoms with Crippen LogP contribution in [-0.2, 0) is 17.6 Å². The molecule has 2 heterocycles. The number of benzene rings is 1. The number of nitriles is 1. The van der Waals surface area contributed by atoms with Gasteiger partial charge in [0.05, 0.1) is 19.1 Å². The Hall–Kier alpha value is -3.60. The normalized spacial score (nSPS) is 15.3. The Kier molecular flexibility index (Phi) is 8.82. The fourth-order valence-electron chi connectivity index (χ4n) is 3.54. The number of hydrogen-bond acceptors (Lipinski definition) is 6. The van der Waals surface area contributed by atoms with Crippen molar-refractivity contribution in [1.82, 2.24) is 4.90 Å².